The van der Waals surface area contributed by atoms with E-state index in [0.717, 1.165) is 36.3 Å². The topological polar surface area (TPSA) is 15.3 Å². The first kappa shape index (κ1) is 14.5. The van der Waals surface area contributed by atoms with Crippen molar-refractivity contribution in [1.29, 1.82) is 0 Å². The van der Waals surface area contributed by atoms with Crippen LogP contribution in [0.4, 0.5) is 0 Å². The Morgan fingerprint density at radius 3 is 2.10 bits per heavy atom. The molecule has 0 saturated heterocycles. The van der Waals surface area contributed by atoms with Gasteiger partial charge in [0, 0.05) is 19.1 Å². The van der Waals surface area contributed by atoms with Crippen molar-refractivity contribution < 1.29 is 0 Å². The van der Waals surface area contributed by atoms with E-state index in [1.54, 1.807) is 19.3 Å². The SMILES string of the molecule is CCNC(CN(C)CC1CC1)C12CC3CC(CC(C3)C1)C2. The molecule has 1 unspecified atom stereocenters. The minimum absolute atomic E-state index is 0.655. The zero-order valence-corrected chi connectivity index (χ0v) is 14.1. The van der Waals surface area contributed by atoms with Crippen LogP contribution in [-0.2, 0) is 0 Å². The second kappa shape index (κ2) is 5.53. The molecule has 120 valence electrons. The van der Waals surface area contributed by atoms with Gasteiger partial charge in [0.1, 0.15) is 0 Å². The summed E-state index contributed by atoms with van der Waals surface area (Å²) in [6, 6.07) is 0.750. The molecule has 5 fully saturated rings. The van der Waals surface area contributed by atoms with Crippen molar-refractivity contribution in [3.63, 3.8) is 0 Å². The van der Waals surface area contributed by atoms with E-state index in [9.17, 15) is 0 Å². The van der Waals surface area contributed by atoms with Crippen LogP contribution in [0, 0.1) is 29.1 Å². The molecule has 5 aliphatic carbocycles. The van der Waals surface area contributed by atoms with Gasteiger partial charge in [-0.25, -0.2) is 0 Å². The lowest BCUT2D eigenvalue weighted by Gasteiger charge is -2.60. The lowest BCUT2D eigenvalue weighted by Crippen LogP contribution is -2.59. The molecule has 5 aliphatic rings. The molecular weight excluding hydrogens is 256 g/mol. The minimum atomic E-state index is 0.655. The predicted molar refractivity (Wildman–Crippen MR) is 88.3 cm³/mol. The van der Waals surface area contributed by atoms with Gasteiger partial charge in [0.2, 0.25) is 0 Å². The van der Waals surface area contributed by atoms with E-state index in [1.807, 2.05) is 0 Å². The number of nitrogens with zero attached hydrogens (tertiary/aromatic N) is 1. The van der Waals surface area contributed by atoms with Crippen molar-refractivity contribution in [2.45, 2.75) is 64.3 Å². The van der Waals surface area contributed by atoms with E-state index in [2.05, 4.69) is 24.2 Å². The van der Waals surface area contributed by atoms with Crippen LogP contribution in [0.1, 0.15) is 58.3 Å². The maximum atomic E-state index is 3.92. The summed E-state index contributed by atoms with van der Waals surface area (Å²) >= 11 is 0. The summed E-state index contributed by atoms with van der Waals surface area (Å²) < 4.78 is 0. The van der Waals surface area contributed by atoms with Gasteiger partial charge in [0.15, 0.2) is 0 Å². The van der Waals surface area contributed by atoms with Gasteiger partial charge >= 0.3 is 0 Å². The molecule has 0 aromatic rings. The number of rotatable bonds is 7. The normalized spacial score (nSPS) is 42.7. The third kappa shape index (κ3) is 2.91. The van der Waals surface area contributed by atoms with Crippen molar-refractivity contribution in [1.82, 2.24) is 10.2 Å². The fraction of sp³-hybridized carbons (Fsp3) is 1.00. The van der Waals surface area contributed by atoms with Crippen LogP contribution in [0.25, 0.3) is 0 Å². The van der Waals surface area contributed by atoms with Gasteiger partial charge in [-0.3, -0.25) is 0 Å². The molecule has 1 N–H and O–H groups in total. The van der Waals surface area contributed by atoms with Gasteiger partial charge in [-0.05, 0) is 94.0 Å². The lowest BCUT2D eigenvalue weighted by molar-refractivity contribution is -0.0777. The summed E-state index contributed by atoms with van der Waals surface area (Å²) in [5.74, 6) is 4.25. The molecule has 1 atom stereocenters. The number of nitrogens with one attached hydrogen (secondary N) is 1. The quantitative estimate of drug-likeness (QED) is 0.772. The van der Waals surface area contributed by atoms with Crippen LogP contribution in [0.2, 0.25) is 0 Å². The van der Waals surface area contributed by atoms with Crippen molar-refractivity contribution >= 4 is 0 Å². The Labute approximate surface area is 131 Å². The zero-order valence-electron chi connectivity index (χ0n) is 14.1. The third-order valence-corrected chi connectivity index (χ3v) is 7.04. The van der Waals surface area contributed by atoms with Crippen LogP contribution in [0.3, 0.4) is 0 Å². The Hall–Kier alpha value is -0.0800. The molecule has 0 heterocycles. The van der Waals surface area contributed by atoms with Crippen LogP contribution in [-0.4, -0.2) is 37.6 Å². The molecule has 0 spiro atoms. The van der Waals surface area contributed by atoms with Crippen LogP contribution in [0.15, 0.2) is 0 Å². The van der Waals surface area contributed by atoms with E-state index < -0.39 is 0 Å². The van der Waals surface area contributed by atoms with Crippen molar-refractivity contribution in [3.8, 4) is 0 Å². The molecule has 0 aliphatic heterocycles. The number of hydrogen-bond donors (Lipinski definition) is 1. The first-order valence-electron chi connectivity index (χ1n) is 9.59. The number of hydrogen-bond acceptors (Lipinski definition) is 2. The Morgan fingerprint density at radius 1 is 1.05 bits per heavy atom. The summed E-state index contributed by atoms with van der Waals surface area (Å²) in [6.07, 6.45) is 12.3. The zero-order chi connectivity index (χ0) is 14.4. The highest BCUT2D eigenvalue weighted by molar-refractivity contribution is 5.06. The molecular formula is C19H34N2. The predicted octanol–water partition coefficient (Wildman–Crippen LogP) is 3.52. The molecule has 0 amide bonds. The Bertz CT molecular complexity index is 338. The van der Waals surface area contributed by atoms with Crippen LogP contribution < -0.4 is 5.32 Å². The molecule has 0 aromatic heterocycles. The van der Waals surface area contributed by atoms with Crippen molar-refractivity contribution in [3.05, 3.63) is 0 Å². The molecule has 21 heavy (non-hydrogen) atoms. The summed E-state index contributed by atoms with van der Waals surface area (Å²) in [6.45, 7) is 6.07. The Balaban J connectivity index is 1.46. The van der Waals surface area contributed by atoms with Crippen molar-refractivity contribution in [2.24, 2.45) is 29.1 Å². The standard InChI is InChI=1S/C19H34N2/c1-3-20-18(13-21(2)12-14-4-5-14)19-9-15-6-16(10-19)8-17(7-15)11-19/h14-18,20H,3-13H2,1-2H3. The monoisotopic (exact) mass is 290 g/mol. The summed E-state index contributed by atoms with van der Waals surface area (Å²) in [5.41, 5.74) is 0.655. The van der Waals surface area contributed by atoms with E-state index in [0.29, 0.717) is 5.41 Å². The molecule has 0 aromatic carbocycles. The average molecular weight is 290 g/mol. The average Bonchev–Trinajstić information content (AvgIpc) is 3.20. The molecule has 5 rings (SSSR count). The fourth-order valence-corrected chi connectivity index (χ4v) is 6.45. The first-order valence-corrected chi connectivity index (χ1v) is 9.59. The second-order valence-electron chi connectivity index (χ2n) is 9.05. The lowest BCUT2D eigenvalue weighted by atomic mass is 9.47. The summed E-state index contributed by atoms with van der Waals surface area (Å²) in [5, 5.41) is 3.92. The van der Waals surface area contributed by atoms with Crippen LogP contribution >= 0.6 is 0 Å². The Morgan fingerprint density at radius 2 is 1.62 bits per heavy atom. The maximum absolute atomic E-state index is 3.92. The highest BCUT2D eigenvalue weighted by Gasteiger charge is 2.54. The van der Waals surface area contributed by atoms with Gasteiger partial charge in [-0.2, -0.15) is 0 Å². The van der Waals surface area contributed by atoms with Gasteiger partial charge in [-0.1, -0.05) is 6.92 Å². The molecule has 4 bridgehead atoms. The smallest absolute Gasteiger partial charge is 0.0251 e. The second-order valence-corrected chi connectivity index (χ2v) is 9.05. The molecule has 0 radical (unpaired) electrons. The van der Waals surface area contributed by atoms with E-state index in [1.165, 1.54) is 45.2 Å². The summed E-state index contributed by atoms with van der Waals surface area (Å²) in [7, 11) is 2.36. The largest absolute Gasteiger partial charge is 0.312 e. The van der Waals surface area contributed by atoms with Crippen LogP contribution in [0.5, 0.6) is 0 Å². The van der Waals surface area contributed by atoms with Gasteiger partial charge in [-0.15, -0.1) is 0 Å². The molecule has 2 heteroatoms. The molecule has 2 nitrogen and oxygen atoms in total. The van der Waals surface area contributed by atoms with E-state index in [4.69, 9.17) is 0 Å². The Kier molecular flexibility index (Phi) is 3.82. The van der Waals surface area contributed by atoms with Gasteiger partial charge in [0.05, 0.1) is 0 Å². The van der Waals surface area contributed by atoms with Gasteiger partial charge in [0.25, 0.3) is 0 Å². The maximum Gasteiger partial charge on any atom is 0.0251 e. The van der Waals surface area contributed by atoms with Gasteiger partial charge < -0.3 is 10.2 Å². The fourth-order valence-electron chi connectivity index (χ4n) is 6.45. The summed E-state index contributed by atoms with van der Waals surface area (Å²) in [4.78, 5) is 2.64. The minimum Gasteiger partial charge on any atom is -0.312 e. The third-order valence-electron chi connectivity index (χ3n) is 7.04. The number of likely N-dealkylation sites (N-methyl/N-ethyl adjacent to an activating group) is 2. The highest BCUT2D eigenvalue weighted by Crippen LogP contribution is 2.61. The van der Waals surface area contributed by atoms with E-state index in [-0.39, 0.29) is 0 Å². The first-order chi connectivity index (χ1) is 10.2. The molecule has 5 saturated carbocycles. The highest BCUT2D eigenvalue weighted by atomic mass is 15.1. The van der Waals surface area contributed by atoms with Crippen molar-refractivity contribution in [2.75, 3.05) is 26.7 Å². The van der Waals surface area contributed by atoms with E-state index >= 15 is 0 Å².